The van der Waals surface area contributed by atoms with Gasteiger partial charge in [-0.2, -0.15) is 5.10 Å². The summed E-state index contributed by atoms with van der Waals surface area (Å²) in [7, 11) is 1.58. The normalized spacial score (nSPS) is 15.7. The molecule has 0 amide bonds. The summed E-state index contributed by atoms with van der Waals surface area (Å²) in [6.07, 6.45) is 5.53. The van der Waals surface area contributed by atoms with E-state index < -0.39 is 0 Å². The minimum Gasteiger partial charge on any atom is -0.481 e. The molecule has 1 aliphatic heterocycles. The van der Waals surface area contributed by atoms with Crippen LogP contribution in [0.5, 0.6) is 5.88 Å². The largest absolute Gasteiger partial charge is 0.481 e. The molecule has 0 spiro atoms. The van der Waals surface area contributed by atoms with Crippen LogP contribution in [0.3, 0.4) is 0 Å². The van der Waals surface area contributed by atoms with Gasteiger partial charge in [-0.15, -0.1) is 0 Å². The van der Waals surface area contributed by atoms with Crippen LogP contribution in [0.15, 0.2) is 35.4 Å². The molecule has 1 aliphatic rings. The Labute approximate surface area is 138 Å². The lowest BCUT2D eigenvalue weighted by Crippen LogP contribution is -2.28. The summed E-state index contributed by atoms with van der Waals surface area (Å²) >= 11 is 0. The monoisotopic (exact) mass is 325 g/mol. The fraction of sp³-hybridized carbons (Fsp3) is 0.353. The van der Waals surface area contributed by atoms with Crippen LogP contribution >= 0.6 is 0 Å². The van der Waals surface area contributed by atoms with E-state index in [1.54, 1.807) is 31.6 Å². The molecular formula is C17H19N5O2. The fourth-order valence-electron chi connectivity index (χ4n) is 3.29. The van der Waals surface area contributed by atoms with Crippen molar-refractivity contribution in [2.75, 3.05) is 20.2 Å². The highest BCUT2D eigenvalue weighted by Crippen LogP contribution is 2.28. The number of aromatic nitrogens is 4. The molecule has 1 saturated heterocycles. The summed E-state index contributed by atoms with van der Waals surface area (Å²) < 4.78 is 6.95. The van der Waals surface area contributed by atoms with Crippen molar-refractivity contribution in [3.05, 3.63) is 46.6 Å². The quantitative estimate of drug-likeness (QED) is 0.763. The molecule has 7 heteroatoms. The summed E-state index contributed by atoms with van der Waals surface area (Å²) in [5.74, 6) is 0.900. The average Bonchev–Trinajstić information content (AvgIpc) is 3.05. The van der Waals surface area contributed by atoms with E-state index in [0.29, 0.717) is 17.4 Å². The van der Waals surface area contributed by atoms with Crippen LogP contribution in [0.2, 0.25) is 0 Å². The topological polar surface area (TPSA) is 84.3 Å². The molecule has 24 heavy (non-hydrogen) atoms. The third-order valence-corrected chi connectivity index (χ3v) is 4.55. The molecule has 0 aliphatic carbocycles. The molecule has 4 heterocycles. The van der Waals surface area contributed by atoms with Crippen LogP contribution in [-0.4, -0.2) is 39.8 Å². The van der Waals surface area contributed by atoms with E-state index in [1.165, 1.54) is 0 Å². The Morgan fingerprint density at radius 2 is 2.08 bits per heavy atom. The van der Waals surface area contributed by atoms with Gasteiger partial charge in [-0.05, 0) is 32.0 Å². The number of hydrogen-bond donors (Lipinski definition) is 2. The van der Waals surface area contributed by atoms with Crippen LogP contribution in [0.1, 0.15) is 24.5 Å². The maximum atomic E-state index is 12.2. The summed E-state index contributed by atoms with van der Waals surface area (Å²) in [6.45, 7) is 1.94. The van der Waals surface area contributed by atoms with E-state index in [-0.39, 0.29) is 5.56 Å². The zero-order valence-electron chi connectivity index (χ0n) is 13.5. The summed E-state index contributed by atoms with van der Waals surface area (Å²) in [4.78, 5) is 19.3. The van der Waals surface area contributed by atoms with Crippen LogP contribution in [0.4, 0.5) is 0 Å². The smallest absolute Gasteiger partial charge is 0.251 e. The van der Waals surface area contributed by atoms with Crippen molar-refractivity contribution in [1.82, 2.24) is 24.9 Å². The molecule has 0 unspecified atom stereocenters. The van der Waals surface area contributed by atoms with E-state index in [9.17, 15) is 4.79 Å². The van der Waals surface area contributed by atoms with Gasteiger partial charge in [0.25, 0.3) is 5.56 Å². The van der Waals surface area contributed by atoms with Gasteiger partial charge in [-0.3, -0.25) is 4.79 Å². The molecule has 7 nitrogen and oxygen atoms in total. The van der Waals surface area contributed by atoms with E-state index in [4.69, 9.17) is 4.74 Å². The van der Waals surface area contributed by atoms with Crippen molar-refractivity contribution in [3.8, 4) is 17.0 Å². The summed E-state index contributed by atoms with van der Waals surface area (Å²) in [6, 6.07) is 5.39. The number of nitrogens with one attached hydrogen (secondary N) is 2. The van der Waals surface area contributed by atoms with E-state index in [2.05, 4.69) is 20.4 Å². The van der Waals surface area contributed by atoms with Crippen molar-refractivity contribution in [2.45, 2.75) is 18.8 Å². The van der Waals surface area contributed by atoms with Crippen molar-refractivity contribution in [2.24, 2.45) is 0 Å². The first-order chi connectivity index (χ1) is 11.8. The molecule has 0 atom stereocenters. The van der Waals surface area contributed by atoms with Crippen molar-refractivity contribution >= 4 is 5.65 Å². The lowest BCUT2D eigenvalue weighted by molar-refractivity contribution is 0.398. The third kappa shape index (κ3) is 2.56. The molecule has 0 radical (unpaired) electrons. The predicted molar refractivity (Wildman–Crippen MR) is 90.4 cm³/mol. The molecule has 0 bridgehead atoms. The standard InChI is InChI=1S/C17H19N5O2/c1-24-16-3-2-12(9-19-16)13-10-20-22-14(8-15(23)21-17(13)22)11-4-6-18-7-5-11/h2-3,8-11,18H,4-7H2,1H3,(H,21,23). The molecule has 0 aromatic carbocycles. The number of methoxy groups -OCH3 is 1. The van der Waals surface area contributed by atoms with Crippen molar-refractivity contribution in [3.63, 3.8) is 0 Å². The van der Waals surface area contributed by atoms with E-state index in [1.807, 2.05) is 10.6 Å². The molecular weight excluding hydrogens is 306 g/mol. The number of rotatable bonds is 3. The van der Waals surface area contributed by atoms with Gasteiger partial charge in [0.05, 0.1) is 19.0 Å². The van der Waals surface area contributed by atoms with Crippen LogP contribution in [0, 0.1) is 0 Å². The predicted octanol–water partition coefficient (Wildman–Crippen LogP) is 1.56. The van der Waals surface area contributed by atoms with Gasteiger partial charge < -0.3 is 15.0 Å². The van der Waals surface area contributed by atoms with Gasteiger partial charge in [0.15, 0.2) is 0 Å². The highest BCUT2D eigenvalue weighted by Gasteiger charge is 2.20. The first-order valence-corrected chi connectivity index (χ1v) is 8.08. The summed E-state index contributed by atoms with van der Waals surface area (Å²) in [5.41, 5.74) is 3.34. The number of hydrogen-bond acceptors (Lipinski definition) is 5. The Hall–Kier alpha value is -2.67. The second kappa shape index (κ2) is 6.09. The second-order valence-corrected chi connectivity index (χ2v) is 5.99. The fourth-order valence-corrected chi connectivity index (χ4v) is 3.29. The average molecular weight is 325 g/mol. The SMILES string of the molecule is COc1ccc(-c2cnn3c(C4CCNCC4)cc(=O)[nH]c23)cn1. The Morgan fingerprint density at radius 1 is 1.25 bits per heavy atom. The van der Waals surface area contributed by atoms with Gasteiger partial charge in [-0.25, -0.2) is 9.50 Å². The van der Waals surface area contributed by atoms with Crippen molar-refractivity contribution < 1.29 is 4.74 Å². The minimum absolute atomic E-state index is 0.0979. The maximum absolute atomic E-state index is 12.2. The molecule has 2 N–H and O–H groups in total. The lowest BCUT2D eigenvalue weighted by atomic mass is 9.94. The zero-order chi connectivity index (χ0) is 16.5. The number of pyridine rings is 1. The molecule has 124 valence electrons. The molecule has 3 aromatic heterocycles. The maximum Gasteiger partial charge on any atom is 0.251 e. The van der Waals surface area contributed by atoms with Gasteiger partial charge in [0, 0.05) is 35.4 Å². The van der Waals surface area contributed by atoms with Gasteiger partial charge in [0.2, 0.25) is 5.88 Å². The molecule has 0 saturated carbocycles. The molecule has 4 rings (SSSR count). The lowest BCUT2D eigenvalue weighted by Gasteiger charge is -2.23. The minimum atomic E-state index is -0.0979. The van der Waals surface area contributed by atoms with Gasteiger partial charge >= 0.3 is 0 Å². The third-order valence-electron chi connectivity index (χ3n) is 4.55. The highest BCUT2D eigenvalue weighted by molar-refractivity contribution is 5.76. The Kier molecular flexibility index (Phi) is 3.78. The number of aromatic amines is 1. The van der Waals surface area contributed by atoms with Crippen LogP contribution < -0.4 is 15.6 Å². The second-order valence-electron chi connectivity index (χ2n) is 5.99. The molecule has 1 fully saturated rings. The van der Waals surface area contributed by atoms with E-state index in [0.717, 1.165) is 42.8 Å². The Balaban J connectivity index is 1.83. The van der Waals surface area contributed by atoms with Crippen LogP contribution in [-0.2, 0) is 0 Å². The molecule has 3 aromatic rings. The van der Waals surface area contributed by atoms with Crippen molar-refractivity contribution in [1.29, 1.82) is 0 Å². The number of ether oxygens (including phenoxy) is 1. The first kappa shape index (κ1) is 14.9. The first-order valence-electron chi connectivity index (χ1n) is 8.08. The van der Waals surface area contributed by atoms with E-state index >= 15 is 0 Å². The van der Waals surface area contributed by atoms with Gasteiger partial charge in [-0.1, -0.05) is 0 Å². The zero-order valence-corrected chi connectivity index (χ0v) is 13.5. The van der Waals surface area contributed by atoms with Crippen LogP contribution in [0.25, 0.3) is 16.8 Å². The summed E-state index contributed by atoms with van der Waals surface area (Å²) in [5, 5.41) is 7.87. The Bertz CT molecular complexity index is 907. The number of H-pyrrole nitrogens is 1. The van der Waals surface area contributed by atoms with Gasteiger partial charge in [0.1, 0.15) is 5.65 Å². The number of fused-ring (bicyclic) bond motifs is 1. The number of piperidine rings is 1. The highest BCUT2D eigenvalue weighted by atomic mass is 16.5. The number of nitrogens with zero attached hydrogens (tertiary/aromatic N) is 3. The Morgan fingerprint density at radius 3 is 2.79 bits per heavy atom.